The van der Waals surface area contributed by atoms with Crippen LogP contribution >= 0.6 is 23.2 Å². The number of aromatic nitrogens is 4. The maximum Gasteiger partial charge on any atom is 0.262 e. The molecular formula is C18H14Cl2N4O2. The Morgan fingerprint density at radius 2 is 1.88 bits per heavy atom. The van der Waals surface area contributed by atoms with Gasteiger partial charge in [-0.25, -0.2) is 0 Å². The highest BCUT2D eigenvalue weighted by atomic mass is 35.5. The van der Waals surface area contributed by atoms with Crippen molar-refractivity contribution in [1.29, 1.82) is 0 Å². The molecule has 0 fully saturated rings. The van der Waals surface area contributed by atoms with Crippen LogP contribution in [0.25, 0.3) is 16.7 Å². The largest absolute Gasteiger partial charge is 0.486 e. The lowest BCUT2D eigenvalue weighted by Gasteiger charge is -2.10. The highest BCUT2D eigenvalue weighted by Gasteiger charge is 2.16. The fraction of sp³-hybridized carbons (Fsp3) is 0.167. The van der Waals surface area contributed by atoms with Crippen molar-refractivity contribution in [2.45, 2.75) is 20.1 Å². The van der Waals surface area contributed by atoms with E-state index in [9.17, 15) is 4.79 Å². The summed E-state index contributed by atoms with van der Waals surface area (Å²) in [6, 6.07) is 12.4. The van der Waals surface area contributed by atoms with Crippen molar-refractivity contribution in [3.05, 3.63) is 68.7 Å². The van der Waals surface area contributed by atoms with Gasteiger partial charge in [-0.1, -0.05) is 35.3 Å². The van der Waals surface area contributed by atoms with E-state index in [0.29, 0.717) is 39.3 Å². The summed E-state index contributed by atoms with van der Waals surface area (Å²) in [7, 11) is 0. The van der Waals surface area contributed by atoms with E-state index in [-0.39, 0.29) is 12.2 Å². The van der Waals surface area contributed by atoms with Crippen LogP contribution in [0.15, 0.2) is 47.3 Å². The average molecular weight is 389 g/mol. The first-order valence-corrected chi connectivity index (χ1v) is 8.79. The number of aryl methyl sites for hydroxylation is 1. The molecule has 4 aromatic rings. The van der Waals surface area contributed by atoms with Crippen LogP contribution in [0.1, 0.15) is 12.7 Å². The lowest BCUT2D eigenvalue weighted by molar-refractivity contribution is 0.295. The van der Waals surface area contributed by atoms with Crippen molar-refractivity contribution in [2.24, 2.45) is 0 Å². The Morgan fingerprint density at radius 1 is 1.08 bits per heavy atom. The van der Waals surface area contributed by atoms with Crippen LogP contribution in [0, 0.1) is 0 Å². The summed E-state index contributed by atoms with van der Waals surface area (Å²) in [5, 5.41) is 9.90. The molecule has 0 spiro atoms. The molecule has 2 aromatic heterocycles. The van der Waals surface area contributed by atoms with E-state index in [4.69, 9.17) is 27.9 Å². The van der Waals surface area contributed by atoms with E-state index in [0.717, 1.165) is 5.52 Å². The zero-order chi connectivity index (χ0) is 18.3. The zero-order valence-corrected chi connectivity index (χ0v) is 15.3. The number of hydrogen-bond donors (Lipinski definition) is 0. The molecule has 26 heavy (non-hydrogen) atoms. The summed E-state index contributed by atoms with van der Waals surface area (Å²) in [5.74, 6) is 1.65. The van der Waals surface area contributed by atoms with Crippen LogP contribution in [0.2, 0.25) is 10.0 Å². The van der Waals surface area contributed by atoms with E-state index in [2.05, 4.69) is 10.2 Å². The van der Waals surface area contributed by atoms with Crippen molar-refractivity contribution in [2.75, 3.05) is 0 Å². The van der Waals surface area contributed by atoms with Crippen LogP contribution in [-0.4, -0.2) is 19.2 Å². The third-order valence-corrected chi connectivity index (χ3v) is 4.89. The molecule has 132 valence electrons. The third kappa shape index (κ3) is 2.71. The van der Waals surface area contributed by atoms with E-state index in [1.807, 2.05) is 29.5 Å². The molecule has 0 atom stereocenters. The first kappa shape index (κ1) is 16.9. The number of halogens is 2. The standard InChI is InChI=1S/C18H14Cl2N4O2/c1-2-23-17(25)12-5-3-4-6-15(12)24-16(21-22-18(23)24)10-26-11-7-8-13(19)14(20)9-11/h3-9H,2,10H2,1H3. The number of fused-ring (bicyclic) bond motifs is 3. The van der Waals surface area contributed by atoms with Gasteiger partial charge in [0.2, 0.25) is 5.78 Å². The van der Waals surface area contributed by atoms with Crippen molar-refractivity contribution in [3.63, 3.8) is 0 Å². The Bertz CT molecular complexity index is 1180. The minimum atomic E-state index is -0.0834. The van der Waals surface area contributed by atoms with Crippen LogP contribution in [0.3, 0.4) is 0 Å². The summed E-state index contributed by atoms with van der Waals surface area (Å²) in [6.07, 6.45) is 0. The van der Waals surface area contributed by atoms with E-state index in [1.54, 1.807) is 28.8 Å². The summed E-state index contributed by atoms with van der Waals surface area (Å²) in [4.78, 5) is 12.7. The highest BCUT2D eigenvalue weighted by molar-refractivity contribution is 6.42. The average Bonchev–Trinajstić information content (AvgIpc) is 3.07. The predicted molar refractivity (Wildman–Crippen MR) is 101 cm³/mol. The van der Waals surface area contributed by atoms with E-state index >= 15 is 0 Å². The molecule has 0 radical (unpaired) electrons. The van der Waals surface area contributed by atoms with Crippen LogP contribution in [0.5, 0.6) is 5.75 Å². The monoisotopic (exact) mass is 388 g/mol. The minimum Gasteiger partial charge on any atom is -0.486 e. The Kier molecular flexibility index (Phi) is 4.30. The summed E-state index contributed by atoms with van der Waals surface area (Å²) < 4.78 is 9.23. The van der Waals surface area contributed by atoms with Gasteiger partial charge in [0.1, 0.15) is 12.4 Å². The van der Waals surface area contributed by atoms with Gasteiger partial charge >= 0.3 is 0 Å². The predicted octanol–water partition coefficient (Wildman–Crippen LogP) is 3.95. The number of ether oxygens (including phenoxy) is 1. The summed E-state index contributed by atoms with van der Waals surface area (Å²) >= 11 is 11.9. The van der Waals surface area contributed by atoms with E-state index < -0.39 is 0 Å². The number of para-hydroxylation sites is 1. The van der Waals surface area contributed by atoms with Crippen molar-refractivity contribution < 1.29 is 4.74 Å². The Balaban J connectivity index is 1.82. The second-order valence-electron chi connectivity index (χ2n) is 5.68. The number of benzene rings is 2. The molecule has 0 unspecified atom stereocenters. The topological polar surface area (TPSA) is 61.4 Å². The molecule has 0 aliphatic carbocycles. The van der Waals surface area contributed by atoms with Gasteiger partial charge in [-0.3, -0.25) is 13.8 Å². The second-order valence-corrected chi connectivity index (χ2v) is 6.50. The van der Waals surface area contributed by atoms with Gasteiger partial charge in [-0.05, 0) is 31.2 Å². The fourth-order valence-electron chi connectivity index (χ4n) is 2.91. The smallest absolute Gasteiger partial charge is 0.262 e. The first-order valence-electron chi connectivity index (χ1n) is 8.03. The van der Waals surface area contributed by atoms with Gasteiger partial charge in [0.05, 0.1) is 20.9 Å². The van der Waals surface area contributed by atoms with Gasteiger partial charge in [0.25, 0.3) is 5.56 Å². The zero-order valence-electron chi connectivity index (χ0n) is 13.8. The molecule has 2 heterocycles. The van der Waals surface area contributed by atoms with Crippen LogP contribution in [0.4, 0.5) is 0 Å². The summed E-state index contributed by atoms with van der Waals surface area (Å²) in [5.41, 5.74) is 0.662. The van der Waals surface area contributed by atoms with Gasteiger partial charge in [-0.2, -0.15) is 0 Å². The van der Waals surface area contributed by atoms with Crippen LogP contribution < -0.4 is 10.3 Å². The van der Waals surface area contributed by atoms with Gasteiger partial charge < -0.3 is 4.74 Å². The molecule has 0 aliphatic rings. The molecule has 0 saturated heterocycles. The maximum absolute atomic E-state index is 12.7. The molecule has 0 saturated carbocycles. The van der Waals surface area contributed by atoms with Gasteiger partial charge in [0.15, 0.2) is 5.82 Å². The molecule has 0 aliphatic heterocycles. The van der Waals surface area contributed by atoms with Crippen molar-refractivity contribution in [1.82, 2.24) is 19.2 Å². The first-order chi connectivity index (χ1) is 12.6. The lowest BCUT2D eigenvalue weighted by atomic mass is 10.2. The molecule has 0 amide bonds. The number of nitrogens with zero attached hydrogens (tertiary/aromatic N) is 4. The van der Waals surface area contributed by atoms with Gasteiger partial charge in [0, 0.05) is 12.6 Å². The van der Waals surface area contributed by atoms with Crippen molar-refractivity contribution >= 4 is 39.9 Å². The highest BCUT2D eigenvalue weighted by Crippen LogP contribution is 2.26. The molecule has 6 nitrogen and oxygen atoms in total. The number of rotatable bonds is 4. The molecule has 2 aromatic carbocycles. The molecular weight excluding hydrogens is 375 g/mol. The Hall–Kier alpha value is -2.57. The Morgan fingerprint density at radius 3 is 2.65 bits per heavy atom. The molecule has 4 rings (SSSR count). The van der Waals surface area contributed by atoms with Gasteiger partial charge in [-0.15, -0.1) is 10.2 Å². The summed E-state index contributed by atoms with van der Waals surface area (Å²) in [6.45, 7) is 2.57. The molecule has 0 N–H and O–H groups in total. The van der Waals surface area contributed by atoms with Crippen molar-refractivity contribution in [3.8, 4) is 5.75 Å². The molecule has 0 bridgehead atoms. The normalized spacial score (nSPS) is 11.3. The van der Waals surface area contributed by atoms with Crippen LogP contribution in [-0.2, 0) is 13.2 Å². The van der Waals surface area contributed by atoms with E-state index in [1.165, 1.54) is 0 Å². The third-order valence-electron chi connectivity index (χ3n) is 4.15. The maximum atomic E-state index is 12.7. The molecule has 8 heteroatoms. The fourth-order valence-corrected chi connectivity index (χ4v) is 3.20. The number of hydrogen-bond acceptors (Lipinski definition) is 4. The SMILES string of the molecule is CCn1c(=O)c2ccccc2n2c(COc3ccc(Cl)c(Cl)c3)nnc12. The lowest BCUT2D eigenvalue weighted by Crippen LogP contribution is -2.22. The Labute approximate surface area is 158 Å². The second kappa shape index (κ2) is 6.63. The quantitative estimate of drug-likeness (QED) is 0.530. The minimum absolute atomic E-state index is 0.0834.